The second-order valence-electron chi connectivity index (χ2n) is 6.15. The van der Waals surface area contributed by atoms with E-state index in [9.17, 15) is 4.79 Å². The Balaban J connectivity index is 1.51. The average molecular weight is 398 g/mol. The molecule has 3 N–H and O–H groups in total. The van der Waals surface area contributed by atoms with E-state index in [4.69, 9.17) is 21.7 Å². The molecular formula is C21H23N3O3S. The average Bonchev–Trinajstić information content (AvgIpc) is 3.11. The molecule has 0 bridgehead atoms. The predicted molar refractivity (Wildman–Crippen MR) is 115 cm³/mol. The molecule has 0 saturated carbocycles. The summed E-state index contributed by atoms with van der Waals surface area (Å²) in [5.74, 6) is 0.509. The van der Waals surface area contributed by atoms with Crippen molar-refractivity contribution in [2.45, 2.75) is 13.3 Å². The van der Waals surface area contributed by atoms with Crippen LogP contribution in [0, 0.1) is 0 Å². The van der Waals surface area contributed by atoms with Crippen molar-refractivity contribution in [3.05, 3.63) is 59.8 Å². The standard InChI is InChI=1S/C21H23N3O3S/c1-3-27-20(25)14-4-6-16(7-5-14)24-21(28)22-11-10-15-13-23-19-9-8-17(26-2)12-18(15)19/h4-9,12-13,23H,3,10-11H2,1-2H3,(H2,22,24,28). The van der Waals surface area contributed by atoms with Crippen LogP contribution in [0.4, 0.5) is 5.69 Å². The zero-order chi connectivity index (χ0) is 19.9. The maximum absolute atomic E-state index is 11.7. The molecule has 0 aliphatic carbocycles. The van der Waals surface area contributed by atoms with Gasteiger partial charge in [0.2, 0.25) is 0 Å². The lowest BCUT2D eigenvalue weighted by Crippen LogP contribution is -2.30. The summed E-state index contributed by atoms with van der Waals surface area (Å²) in [6.45, 7) is 2.83. The lowest BCUT2D eigenvalue weighted by atomic mass is 10.1. The maximum Gasteiger partial charge on any atom is 0.338 e. The Labute approximate surface area is 169 Å². The number of anilines is 1. The van der Waals surface area contributed by atoms with E-state index >= 15 is 0 Å². The number of aromatic amines is 1. The highest BCUT2D eigenvalue weighted by Crippen LogP contribution is 2.23. The highest BCUT2D eigenvalue weighted by molar-refractivity contribution is 7.80. The van der Waals surface area contributed by atoms with E-state index in [1.165, 1.54) is 5.56 Å². The number of hydrogen-bond donors (Lipinski definition) is 3. The van der Waals surface area contributed by atoms with Gasteiger partial charge in [0.1, 0.15) is 5.75 Å². The minimum Gasteiger partial charge on any atom is -0.497 e. The van der Waals surface area contributed by atoms with Gasteiger partial charge in [-0.2, -0.15) is 0 Å². The van der Waals surface area contributed by atoms with Crippen molar-refractivity contribution in [2.75, 3.05) is 25.6 Å². The number of rotatable bonds is 7. The molecule has 0 spiro atoms. The smallest absolute Gasteiger partial charge is 0.338 e. The molecule has 3 aromatic rings. The summed E-state index contributed by atoms with van der Waals surface area (Å²) in [4.78, 5) is 14.9. The van der Waals surface area contributed by atoms with E-state index in [0.29, 0.717) is 23.8 Å². The molecule has 0 atom stereocenters. The Morgan fingerprint density at radius 1 is 1.18 bits per heavy atom. The zero-order valence-corrected chi connectivity index (χ0v) is 16.7. The van der Waals surface area contributed by atoms with Crippen LogP contribution in [0.15, 0.2) is 48.7 Å². The van der Waals surface area contributed by atoms with Crippen LogP contribution in [0.3, 0.4) is 0 Å². The van der Waals surface area contributed by atoms with Crippen LogP contribution in [0.1, 0.15) is 22.8 Å². The number of carbonyl (C=O) groups is 1. The molecule has 1 heterocycles. The molecule has 3 rings (SSSR count). The number of methoxy groups -OCH3 is 1. The Kier molecular flexibility index (Phi) is 6.49. The van der Waals surface area contributed by atoms with Crippen LogP contribution in [0.5, 0.6) is 5.75 Å². The highest BCUT2D eigenvalue weighted by Gasteiger charge is 2.07. The summed E-state index contributed by atoms with van der Waals surface area (Å²) in [5, 5.41) is 8.00. The van der Waals surface area contributed by atoms with Crippen molar-refractivity contribution >= 4 is 39.9 Å². The summed E-state index contributed by atoms with van der Waals surface area (Å²) in [7, 11) is 1.67. The Morgan fingerprint density at radius 2 is 1.96 bits per heavy atom. The molecule has 7 heteroatoms. The molecule has 0 aliphatic rings. The molecule has 0 amide bonds. The molecule has 0 saturated heterocycles. The fourth-order valence-electron chi connectivity index (χ4n) is 2.88. The Bertz CT molecular complexity index is 967. The van der Waals surface area contributed by atoms with E-state index in [2.05, 4.69) is 15.6 Å². The zero-order valence-electron chi connectivity index (χ0n) is 15.9. The minimum absolute atomic E-state index is 0.329. The van der Waals surface area contributed by atoms with E-state index in [0.717, 1.165) is 28.8 Å². The number of fused-ring (bicyclic) bond motifs is 1. The third-order valence-electron chi connectivity index (χ3n) is 4.31. The van der Waals surface area contributed by atoms with Gasteiger partial charge in [-0.3, -0.25) is 0 Å². The SMILES string of the molecule is CCOC(=O)c1ccc(NC(=S)NCCc2c[nH]c3ccc(OC)cc23)cc1. The van der Waals surface area contributed by atoms with Gasteiger partial charge in [-0.05, 0) is 73.6 Å². The van der Waals surface area contributed by atoms with Gasteiger partial charge in [0.25, 0.3) is 0 Å². The van der Waals surface area contributed by atoms with E-state index in [-0.39, 0.29) is 5.97 Å². The number of H-pyrrole nitrogens is 1. The molecule has 2 aromatic carbocycles. The van der Waals surface area contributed by atoms with Crippen LogP contribution in [-0.4, -0.2) is 36.3 Å². The Hall–Kier alpha value is -3.06. The topological polar surface area (TPSA) is 75.4 Å². The number of esters is 1. The maximum atomic E-state index is 11.7. The first-order valence-electron chi connectivity index (χ1n) is 9.06. The number of hydrogen-bond acceptors (Lipinski definition) is 4. The number of thiocarbonyl (C=S) groups is 1. The molecule has 0 radical (unpaired) electrons. The molecule has 0 aliphatic heterocycles. The number of nitrogens with one attached hydrogen (secondary N) is 3. The highest BCUT2D eigenvalue weighted by atomic mass is 32.1. The van der Waals surface area contributed by atoms with Crippen molar-refractivity contribution in [1.29, 1.82) is 0 Å². The van der Waals surface area contributed by atoms with Gasteiger partial charge in [0.05, 0.1) is 19.3 Å². The molecule has 1 aromatic heterocycles. The van der Waals surface area contributed by atoms with Crippen LogP contribution < -0.4 is 15.4 Å². The molecule has 0 fully saturated rings. The number of carbonyl (C=O) groups excluding carboxylic acids is 1. The van der Waals surface area contributed by atoms with Gasteiger partial charge in [0, 0.05) is 29.3 Å². The van der Waals surface area contributed by atoms with Gasteiger partial charge in [-0.15, -0.1) is 0 Å². The van der Waals surface area contributed by atoms with Gasteiger partial charge in [-0.25, -0.2) is 4.79 Å². The number of ether oxygens (including phenoxy) is 2. The first kappa shape index (κ1) is 19.7. The Morgan fingerprint density at radius 3 is 2.68 bits per heavy atom. The summed E-state index contributed by atoms with van der Waals surface area (Å²) in [5.41, 5.74) is 3.60. The summed E-state index contributed by atoms with van der Waals surface area (Å²) >= 11 is 5.35. The molecule has 6 nitrogen and oxygen atoms in total. The van der Waals surface area contributed by atoms with Crippen LogP contribution >= 0.6 is 12.2 Å². The first-order valence-corrected chi connectivity index (χ1v) is 9.47. The lowest BCUT2D eigenvalue weighted by molar-refractivity contribution is 0.0526. The minimum atomic E-state index is -0.329. The van der Waals surface area contributed by atoms with Crippen molar-refractivity contribution in [2.24, 2.45) is 0 Å². The van der Waals surface area contributed by atoms with E-state index in [1.807, 2.05) is 24.4 Å². The summed E-state index contributed by atoms with van der Waals surface area (Å²) < 4.78 is 10.3. The molecule has 28 heavy (non-hydrogen) atoms. The fraction of sp³-hybridized carbons (Fsp3) is 0.238. The second kappa shape index (κ2) is 9.23. The summed E-state index contributed by atoms with van der Waals surface area (Å²) in [6.07, 6.45) is 2.83. The van der Waals surface area contributed by atoms with Crippen molar-refractivity contribution in [3.63, 3.8) is 0 Å². The predicted octanol–water partition coefficient (Wildman–Crippen LogP) is 3.88. The second-order valence-corrected chi connectivity index (χ2v) is 6.56. The van der Waals surface area contributed by atoms with Crippen molar-refractivity contribution in [3.8, 4) is 5.75 Å². The van der Waals surface area contributed by atoms with E-state index in [1.54, 1.807) is 38.3 Å². The van der Waals surface area contributed by atoms with Crippen LogP contribution in [0.2, 0.25) is 0 Å². The fourth-order valence-corrected chi connectivity index (χ4v) is 3.10. The van der Waals surface area contributed by atoms with Gasteiger partial charge >= 0.3 is 5.97 Å². The number of aromatic nitrogens is 1. The molecule has 146 valence electrons. The van der Waals surface area contributed by atoms with Gasteiger partial charge < -0.3 is 25.1 Å². The lowest BCUT2D eigenvalue weighted by Gasteiger charge is -2.11. The largest absolute Gasteiger partial charge is 0.497 e. The van der Waals surface area contributed by atoms with Gasteiger partial charge in [0.15, 0.2) is 5.11 Å². The van der Waals surface area contributed by atoms with Crippen LogP contribution in [-0.2, 0) is 11.2 Å². The van der Waals surface area contributed by atoms with Crippen molar-refractivity contribution in [1.82, 2.24) is 10.3 Å². The third kappa shape index (κ3) is 4.80. The normalized spacial score (nSPS) is 10.5. The summed E-state index contributed by atoms with van der Waals surface area (Å²) in [6, 6.07) is 13.0. The molecular weight excluding hydrogens is 374 g/mol. The molecule has 0 unspecified atom stereocenters. The monoisotopic (exact) mass is 397 g/mol. The van der Waals surface area contributed by atoms with E-state index < -0.39 is 0 Å². The van der Waals surface area contributed by atoms with Gasteiger partial charge in [-0.1, -0.05) is 0 Å². The number of benzene rings is 2. The third-order valence-corrected chi connectivity index (χ3v) is 4.55. The first-order chi connectivity index (χ1) is 13.6. The van der Waals surface area contributed by atoms with Crippen LogP contribution in [0.25, 0.3) is 10.9 Å². The van der Waals surface area contributed by atoms with Crippen molar-refractivity contribution < 1.29 is 14.3 Å². The quantitative estimate of drug-likeness (QED) is 0.415.